The molecule has 1 aromatic heterocycles. The summed E-state index contributed by atoms with van der Waals surface area (Å²) in [4.78, 5) is 16.5. The van der Waals surface area contributed by atoms with Gasteiger partial charge in [-0.15, -0.1) is 0 Å². The highest BCUT2D eigenvalue weighted by atomic mass is 16.5. The molecule has 0 aliphatic rings. The normalized spacial score (nSPS) is 10.9. The fourth-order valence-electron chi connectivity index (χ4n) is 2.87. The number of amides is 1. The van der Waals surface area contributed by atoms with Gasteiger partial charge in [0.05, 0.1) is 12.7 Å². The molecule has 3 aromatic rings. The predicted molar refractivity (Wildman–Crippen MR) is 108 cm³/mol. The molecule has 0 aliphatic heterocycles. The van der Waals surface area contributed by atoms with Gasteiger partial charge in [-0.1, -0.05) is 43.3 Å². The van der Waals surface area contributed by atoms with Crippen molar-refractivity contribution in [2.75, 3.05) is 12.4 Å². The highest BCUT2D eigenvalue weighted by Gasteiger charge is 2.13. The smallest absolute Gasteiger partial charge is 0.226 e. The summed E-state index contributed by atoms with van der Waals surface area (Å²) in [5.41, 5.74) is 2.84. The molecular formula is C22H25N3O3. The lowest BCUT2D eigenvalue weighted by molar-refractivity contribution is -0.116. The molecular weight excluding hydrogens is 354 g/mol. The summed E-state index contributed by atoms with van der Waals surface area (Å²) in [6.45, 7) is 4.29. The molecule has 0 atom stereocenters. The van der Waals surface area contributed by atoms with E-state index >= 15 is 0 Å². The van der Waals surface area contributed by atoms with E-state index in [2.05, 4.69) is 29.3 Å². The topological polar surface area (TPSA) is 77.2 Å². The first-order chi connectivity index (χ1) is 13.6. The van der Waals surface area contributed by atoms with Gasteiger partial charge in [-0.05, 0) is 42.2 Å². The van der Waals surface area contributed by atoms with Crippen LogP contribution in [0.2, 0.25) is 0 Å². The zero-order valence-electron chi connectivity index (χ0n) is 16.4. The summed E-state index contributed by atoms with van der Waals surface area (Å²) in [5.74, 6) is 2.14. The van der Waals surface area contributed by atoms with E-state index in [4.69, 9.17) is 9.26 Å². The Bertz CT molecular complexity index is 917. The standard InChI is InChI=1S/C22H25N3O3/c1-15(2)16-11-13-17(14-12-16)23-20(26)9-6-10-21-24-22(25-28-21)18-7-4-5-8-19(18)27-3/h4-5,7-8,11-15H,6,9-10H2,1-3H3,(H,23,26). The molecule has 6 nitrogen and oxygen atoms in total. The molecule has 1 N–H and O–H groups in total. The number of methoxy groups -OCH3 is 1. The summed E-state index contributed by atoms with van der Waals surface area (Å²) < 4.78 is 10.6. The largest absolute Gasteiger partial charge is 0.496 e. The first-order valence-corrected chi connectivity index (χ1v) is 9.42. The monoisotopic (exact) mass is 379 g/mol. The van der Waals surface area contributed by atoms with Gasteiger partial charge in [-0.3, -0.25) is 4.79 Å². The molecule has 1 heterocycles. The molecule has 6 heteroatoms. The zero-order valence-corrected chi connectivity index (χ0v) is 16.4. The van der Waals surface area contributed by atoms with Crippen LogP contribution in [0.15, 0.2) is 53.1 Å². The molecule has 0 saturated carbocycles. The van der Waals surface area contributed by atoms with Crippen molar-refractivity contribution in [3.05, 3.63) is 60.0 Å². The van der Waals surface area contributed by atoms with Crippen LogP contribution in [0.5, 0.6) is 5.75 Å². The van der Waals surface area contributed by atoms with Crippen molar-refractivity contribution in [2.45, 2.75) is 39.0 Å². The van der Waals surface area contributed by atoms with Crippen LogP contribution >= 0.6 is 0 Å². The predicted octanol–water partition coefficient (Wildman–Crippen LogP) is 4.83. The van der Waals surface area contributed by atoms with Crippen LogP contribution in [0.25, 0.3) is 11.4 Å². The van der Waals surface area contributed by atoms with E-state index in [1.54, 1.807) is 7.11 Å². The van der Waals surface area contributed by atoms with E-state index in [1.807, 2.05) is 48.5 Å². The number of para-hydroxylation sites is 1. The number of carbonyl (C=O) groups is 1. The number of aromatic nitrogens is 2. The van der Waals surface area contributed by atoms with Crippen LogP contribution in [0.3, 0.4) is 0 Å². The summed E-state index contributed by atoms with van der Waals surface area (Å²) >= 11 is 0. The number of hydrogen-bond acceptors (Lipinski definition) is 5. The van der Waals surface area contributed by atoms with Crippen LogP contribution in [-0.4, -0.2) is 23.2 Å². The van der Waals surface area contributed by atoms with Crippen LogP contribution < -0.4 is 10.1 Å². The zero-order chi connectivity index (χ0) is 19.9. The Morgan fingerprint density at radius 1 is 1.14 bits per heavy atom. The van der Waals surface area contributed by atoms with E-state index < -0.39 is 0 Å². The van der Waals surface area contributed by atoms with Crippen LogP contribution in [-0.2, 0) is 11.2 Å². The fraction of sp³-hybridized carbons (Fsp3) is 0.318. The molecule has 0 spiro atoms. The van der Waals surface area contributed by atoms with Gasteiger partial charge in [0.25, 0.3) is 0 Å². The quantitative estimate of drug-likeness (QED) is 0.606. The van der Waals surface area contributed by atoms with E-state index in [9.17, 15) is 4.79 Å². The second-order valence-electron chi connectivity index (χ2n) is 6.89. The number of carbonyl (C=O) groups excluding carboxylic acids is 1. The molecule has 3 rings (SSSR count). The number of nitrogens with one attached hydrogen (secondary N) is 1. The average molecular weight is 379 g/mol. The lowest BCUT2D eigenvalue weighted by Gasteiger charge is -2.08. The number of aryl methyl sites for hydroxylation is 1. The molecule has 0 fully saturated rings. The first-order valence-electron chi connectivity index (χ1n) is 9.42. The Morgan fingerprint density at radius 3 is 2.61 bits per heavy atom. The van der Waals surface area contributed by atoms with Gasteiger partial charge in [0.15, 0.2) is 0 Å². The van der Waals surface area contributed by atoms with Crippen LogP contribution in [0.4, 0.5) is 5.69 Å². The Balaban J connectivity index is 1.50. The van der Waals surface area contributed by atoms with Gasteiger partial charge >= 0.3 is 0 Å². The number of anilines is 1. The van der Waals surface area contributed by atoms with Crippen molar-refractivity contribution < 1.29 is 14.1 Å². The molecule has 0 aliphatic carbocycles. The first kappa shape index (κ1) is 19.6. The summed E-state index contributed by atoms with van der Waals surface area (Å²) in [6.07, 6.45) is 1.56. The van der Waals surface area contributed by atoms with Crippen molar-refractivity contribution in [1.29, 1.82) is 0 Å². The summed E-state index contributed by atoms with van der Waals surface area (Å²) in [7, 11) is 1.61. The van der Waals surface area contributed by atoms with Crippen LogP contribution in [0.1, 0.15) is 44.1 Å². The van der Waals surface area contributed by atoms with Crippen molar-refractivity contribution in [3.63, 3.8) is 0 Å². The number of rotatable bonds is 8. The lowest BCUT2D eigenvalue weighted by atomic mass is 10.0. The minimum atomic E-state index is -0.0261. The van der Waals surface area contributed by atoms with Gasteiger partial charge in [0, 0.05) is 18.5 Å². The van der Waals surface area contributed by atoms with Gasteiger partial charge in [0.2, 0.25) is 17.6 Å². The van der Waals surface area contributed by atoms with Gasteiger partial charge in [-0.2, -0.15) is 4.98 Å². The van der Waals surface area contributed by atoms with E-state index in [-0.39, 0.29) is 5.91 Å². The Labute approximate surface area is 164 Å². The lowest BCUT2D eigenvalue weighted by Crippen LogP contribution is -2.11. The molecule has 146 valence electrons. The second-order valence-corrected chi connectivity index (χ2v) is 6.89. The molecule has 0 radical (unpaired) electrons. The van der Waals surface area contributed by atoms with E-state index in [0.29, 0.717) is 42.6 Å². The molecule has 1 amide bonds. The SMILES string of the molecule is COc1ccccc1-c1noc(CCCC(=O)Nc2ccc(C(C)C)cc2)n1. The van der Waals surface area contributed by atoms with Crippen molar-refractivity contribution >= 4 is 11.6 Å². The number of nitrogens with zero attached hydrogens (tertiary/aromatic N) is 2. The van der Waals surface area contributed by atoms with E-state index in [1.165, 1.54) is 5.56 Å². The third-order valence-electron chi connectivity index (χ3n) is 4.47. The number of benzene rings is 2. The third kappa shape index (κ3) is 4.97. The summed E-state index contributed by atoms with van der Waals surface area (Å²) in [6, 6.07) is 15.5. The van der Waals surface area contributed by atoms with E-state index in [0.717, 1.165) is 11.3 Å². The Hall–Kier alpha value is -3.15. The maximum absolute atomic E-state index is 12.1. The summed E-state index contributed by atoms with van der Waals surface area (Å²) in [5, 5.41) is 6.93. The molecule has 2 aromatic carbocycles. The average Bonchev–Trinajstić information content (AvgIpc) is 3.17. The second kappa shape index (κ2) is 9.17. The van der Waals surface area contributed by atoms with Gasteiger partial charge < -0.3 is 14.6 Å². The molecule has 0 unspecified atom stereocenters. The molecule has 0 saturated heterocycles. The van der Waals surface area contributed by atoms with Crippen molar-refractivity contribution in [1.82, 2.24) is 10.1 Å². The van der Waals surface area contributed by atoms with Gasteiger partial charge in [-0.25, -0.2) is 0 Å². The molecule has 0 bridgehead atoms. The minimum absolute atomic E-state index is 0.0261. The van der Waals surface area contributed by atoms with Gasteiger partial charge in [0.1, 0.15) is 5.75 Å². The maximum atomic E-state index is 12.1. The van der Waals surface area contributed by atoms with Crippen LogP contribution in [0, 0.1) is 0 Å². The molecule has 28 heavy (non-hydrogen) atoms. The number of hydrogen-bond donors (Lipinski definition) is 1. The van der Waals surface area contributed by atoms with Crippen molar-refractivity contribution in [2.24, 2.45) is 0 Å². The Morgan fingerprint density at radius 2 is 1.89 bits per heavy atom. The number of ether oxygens (including phenoxy) is 1. The maximum Gasteiger partial charge on any atom is 0.226 e. The minimum Gasteiger partial charge on any atom is -0.496 e. The Kier molecular flexibility index (Phi) is 6.42. The highest BCUT2D eigenvalue weighted by Crippen LogP contribution is 2.27. The highest BCUT2D eigenvalue weighted by molar-refractivity contribution is 5.90. The van der Waals surface area contributed by atoms with Crippen molar-refractivity contribution in [3.8, 4) is 17.1 Å². The fourth-order valence-corrected chi connectivity index (χ4v) is 2.87. The third-order valence-corrected chi connectivity index (χ3v) is 4.47.